The number of nitrogens with zero attached hydrogens (tertiary/aromatic N) is 5. The topological polar surface area (TPSA) is 73.1 Å². The van der Waals surface area contributed by atoms with Gasteiger partial charge in [-0.25, -0.2) is 4.68 Å². The molecule has 0 aromatic carbocycles. The van der Waals surface area contributed by atoms with E-state index in [1.54, 1.807) is 22.9 Å². The van der Waals surface area contributed by atoms with Crippen LogP contribution in [0.3, 0.4) is 0 Å². The van der Waals surface area contributed by atoms with Gasteiger partial charge in [0.25, 0.3) is 5.91 Å². The highest BCUT2D eigenvalue weighted by Crippen LogP contribution is 2.22. The maximum Gasteiger partial charge on any atom is 0.255 e. The number of aromatic nitrogens is 4. The Labute approximate surface area is 122 Å². The van der Waals surface area contributed by atoms with Gasteiger partial charge >= 0.3 is 0 Å². The van der Waals surface area contributed by atoms with Crippen LogP contribution in [0.25, 0.3) is 0 Å². The average Bonchev–Trinajstić information content (AvgIpc) is 2.86. The number of carbonyl (C=O) groups is 1. The predicted molar refractivity (Wildman–Crippen MR) is 74.6 cm³/mol. The molecule has 1 amide bonds. The third-order valence-electron chi connectivity index (χ3n) is 3.53. The van der Waals surface area contributed by atoms with Gasteiger partial charge in [0.05, 0.1) is 24.4 Å². The normalized spacial score (nSPS) is 15.0. The van der Waals surface area contributed by atoms with Gasteiger partial charge in [-0.1, -0.05) is 5.21 Å². The molecule has 0 bridgehead atoms. The molecule has 0 radical (unpaired) electrons. The van der Waals surface area contributed by atoms with Crippen LogP contribution in [0.4, 0.5) is 0 Å². The van der Waals surface area contributed by atoms with Crippen LogP contribution in [0.1, 0.15) is 27.8 Å². The molecule has 2 aromatic rings. The van der Waals surface area contributed by atoms with Gasteiger partial charge in [0.15, 0.2) is 0 Å². The summed E-state index contributed by atoms with van der Waals surface area (Å²) in [4.78, 5) is 18.2. The van der Waals surface area contributed by atoms with E-state index in [0.717, 1.165) is 11.4 Å². The van der Waals surface area contributed by atoms with Crippen molar-refractivity contribution < 1.29 is 9.53 Å². The van der Waals surface area contributed by atoms with Crippen LogP contribution in [0.15, 0.2) is 24.5 Å². The Morgan fingerprint density at radius 3 is 2.90 bits per heavy atom. The van der Waals surface area contributed by atoms with Gasteiger partial charge in [-0.3, -0.25) is 9.78 Å². The minimum Gasteiger partial charge on any atom is -0.378 e. The molecule has 110 valence electrons. The molecular weight excluding hydrogens is 270 g/mol. The first-order chi connectivity index (χ1) is 10.2. The molecule has 0 N–H and O–H groups in total. The standard InChI is InChI=1S/C14H17N5O2/c1-10-3-4-11(5-15-10)14(20)18-7-13(8-18)19-6-12(9-21-2)16-17-19/h3-6,13H,7-9H2,1-2H3. The zero-order chi connectivity index (χ0) is 14.8. The van der Waals surface area contributed by atoms with Crippen molar-refractivity contribution >= 4 is 5.91 Å². The van der Waals surface area contributed by atoms with Crippen molar-refractivity contribution in [1.29, 1.82) is 0 Å². The number of methoxy groups -OCH3 is 1. The maximum absolute atomic E-state index is 12.2. The summed E-state index contributed by atoms with van der Waals surface area (Å²) in [5.41, 5.74) is 2.32. The van der Waals surface area contributed by atoms with Crippen LogP contribution < -0.4 is 0 Å². The van der Waals surface area contributed by atoms with Crippen LogP contribution in [-0.2, 0) is 11.3 Å². The molecule has 1 aliphatic rings. The monoisotopic (exact) mass is 287 g/mol. The highest BCUT2D eigenvalue weighted by Gasteiger charge is 2.33. The van der Waals surface area contributed by atoms with E-state index >= 15 is 0 Å². The van der Waals surface area contributed by atoms with Crippen molar-refractivity contribution in [2.75, 3.05) is 20.2 Å². The lowest BCUT2D eigenvalue weighted by molar-refractivity contribution is 0.0498. The molecule has 0 atom stereocenters. The van der Waals surface area contributed by atoms with Crippen LogP contribution >= 0.6 is 0 Å². The van der Waals surface area contributed by atoms with Gasteiger partial charge < -0.3 is 9.64 Å². The molecule has 1 aliphatic heterocycles. The fourth-order valence-corrected chi connectivity index (χ4v) is 2.27. The Morgan fingerprint density at radius 2 is 2.24 bits per heavy atom. The Hall–Kier alpha value is -2.28. The lowest BCUT2D eigenvalue weighted by atomic mass is 10.1. The number of hydrogen-bond acceptors (Lipinski definition) is 5. The van der Waals surface area contributed by atoms with Crippen molar-refractivity contribution in [2.45, 2.75) is 19.6 Å². The summed E-state index contributed by atoms with van der Waals surface area (Å²) < 4.78 is 6.81. The molecule has 3 rings (SSSR count). The molecule has 7 heteroatoms. The van der Waals surface area contributed by atoms with E-state index < -0.39 is 0 Å². The number of hydrogen-bond donors (Lipinski definition) is 0. The fourth-order valence-electron chi connectivity index (χ4n) is 2.27. The molecule has 21 heavy (non-hydrogen) atoms. The van der Waals surface area contributed by atoms with Crippen LogP contribution in [0.2, 0.25) is 0 Å². The summed E-state index contributed by atoms with van der Waals surface area (Å²) in [5, 5.41) is 8.09. The second kappa shape index (κ2) is 5.61. The quantitative estimate of drug-likeness (QED) is 0.832. The lowest BCUT2D eigenvalue weighted by Crippen LogP contribution is -2.50. The molecule has 2 aromatic heterocycles. The minimum atomic E-state index is 0.0102. The number of ether oxygens (including phenoxy) is 1. The van der Waals surface area contributed by atoms with Crippen LogP contribution in [0, 0.1) is 6.92 Å². The molecule has 1 saturated heterocycles. The van der Waals surface area contributed by atoms with E-state index in [9.17, 15) is 4.79 Å². The van der Waals surface area contributed by atoms with Crippen molar-refractivity contribution in [3.8, 4) is 0 Å². The Morgan fingerprint density at radius 1 is 1.43 bits per heavy atom. The van der Waals surface area contributed by atoms with Crippen molar-refractivity contribution in [1.82, 2.24) is 24.9 Å². The highest BCUT2D eigenvalue weighted by molar-refractivity contribution is 5.94. The molecule has 1 fully saturated rings. The highest BCUT2D eigenvalue weighted by atomic mass is 16.5. The van der Waals surface area contributed by atoms with Gasteiger partial charge in [-0.2, -0.15) is 0 Å². The van der Waals surface area contributed by atoms with Crippen LogP contribution in [-0.4, -0.2) is 51.0 Å². The largest absolute Gasteiger partial charge is 0.378 e. The van der Waals surface area contributed by atoms with Gasteiger partial charge in [-0.15, -0.1) is 5.10 Å². The van der Waals surface area contributed by atoms with Gasteiger partial charge in [0.1, 0.15) is 5.69 Å². The van der Waals surface area contributed by atoms with E-state index in [4.69, 9.17) is 4.74 Å². The number of likely N-dealkylation sites (tertiary alicyclic amines) is 1. The van der Waals surface area contributed by atoms with E-state index in [-0.39, 0.29) is 11.9 Å². The second-order valence-corrected chi connectivity index (χ2v) is 5.18. The Bertz CT molecular complexity index is 631. The lowest BCUT2D eigenvalue weighted by Gasteiger charge is -2.38. The molecule has 0 saturated carbocycles. The summed E-state index contributed by atoms with van der Waals surface area (Å²) in [6.07, 6.45) is 3.49. The number of aryl methyl sites for hydroxylation is 1. The summed E-state index contributed by atoms with van der Waals surface area (Å²) in [7, 11) is 1.62. The van der Waals surface area contributed by atoms with Crippen LogP contribution in [0.5, 0.6) is 0 Å². The minimum absolute atomic E-state index is 0.0102. The number of rotatable bonds is 4. The zero-order valence-corrected chi connectivity index (χ0v) is 12.1. The molecule has 0 aliphatic carbocycles. The Balaban J connectivity index is 1.59. The molecule has 3 heterocycles. The number of carbonyl (C=O) groups excluding carboxylic acids is 1. The number of pyridine rings is 1. The molecular formula is C14H17N5O2. The van der Waals surface area contributed by atoms with E-state index in [0.29, 0.717) is 25.3 Å². The Kier molecular flexibility index (Phi) is 3.66. The van der Waals surface area contributed by atoms with Gasteiger partial charge in [0, 0.05) is 32.1 Å². The van der Waals surface area contributed by atoms with E-state index in [2.05, 4.69) is 15.3 Å². The molecule has 7 nitrogen and oxygen atoms in total. The van der Waals surface area contributed by atoms with E-state index in [1.807, 2.05) is 25.3 Å². The van der Waals surface area contributed by atoms with Crippen molar-refractivity contribution in [3.63, 3.8) is 0 Å². The summed E-state index contributed by atoms with van der Waals surface area (Å²) >= 11 is 0. The maximum atomic E-state index is 12.2. The predicted octanol–water partition coefficient (Wildman–Crippen LogP) is 0.825. The zero-order valence-electron chi connectivity index (χ0n) is 12.1. The first-order valence-corrected chi connectivity index (χ1v) is 6.79. The summed E-state index contributed by atoms with van der Waals surface area (Å²) in [6.45, 7) is 3.63. The van der Waals surface area contributed by atoms with Gasteiger partial charge in [0.2, 0.25) is 0 Å². The first-order valence-electron chi connectivity index (χ1n) is 6.79. The van der Waals surface area contributed by atoms with Crippen molar-refractivity contribution in [3.05, 3.63) is 41.5 Å². The molecule has 0 spiro atoms. The average molecular weight is 287 g/mol. The number of amides is 1. The molecule has 0 unspecified atom stereocenters. The van der Waals surface area contributed by atoms with Crippen molar-refractivity contribution in [2.24, 2.45) is 0 Å². The van der Waals surface area contributed by atoms with Gasteiger partial charge in [-0.05, 0) is 19.1 Å². The smallest absolute Gasteiger partial charge is 0.255 e. The third-order valence-corrected chi connectivity index (χ3v) is 3.53. The first kappa shape index (κ1) is 13.7. The van der Waals surface area contributed by atoms with E-state index in [1.165, 1.54) is 0 Å². The SMILES string of the molecule is COCc1cn(C2CN(C(=O)c3ccc(C)nc3)C2)nn1. The third kappa shape index (κ3) is 2.78. The summed E-state index contributed by atoms with van der Waals surface area (Å²) in [6, 6.07) is 3.84. The second-order valence-electron chi connectivity index (χ2n) is 5.18. The summed E-state index contributed by atoms with van der Waals surface area (Å²) in [5.74, 6) is 0.0102. The fraction of sp³-hybridized carbons (Fsp3) is 0.429.